The second kappa shape index (κ2) is 5.43. The van der Waals surface area contributed by atoms with Crippen LogP contribution in [0.5, 0.6) is 0 Å². The number of carboxylic acid groups (broad SMARTS) is 1. The SMILES string of the molecule is CC(Nc1ncc(F)cc1C(=O)O)c1ccccn1. The maximum absolute atomic E-state index is 13.0. The zero-order valence-corrected chi connectivity index (χ0v) is 10.2. The number of carboxylic acids is 1. The summed E-state index contributed by atoms with van der Waals surface area (Å²) in [6.07, 6.45) is 2.61. The second-order valence-electron chi connectivity index (χ2n) is 3.98. The third-order valence-electron chi connectivity index (χ3n) is 2.57. The molecule has 6 heteroatoms. The Morgan fingerprint density at radius 3 is 2.84 bits per heavy atom. The molecule has 0 aliphatic heterocycles. The first-order valence-corrected chi connectivity index (χ1v) is 5.64. The van der Waals surface area contributed by atoms with E-state index in [0.717, 1.165) is 18.0 Å². The minimum Gasteiger partial charge on any atom is -0.478 e. The molecule has 2 N–H and O–H groups in total. The summed E-state index contributed by atoms with van der Waals surface area (Å²) in [7, 11) is 0. The van der Waals surface area contributed by atoms with Gasteiger partial charge in [-0.2, -0.15) is 0 Å². The van der Waals surface area contributed by atoms with E-state index in [1.807, 2.05) is 19.1 Å². The summed E-state index contributed by atoms with van der Waals surface area (Å²) in [5, 5.41) is 11.9. The Labute approximate surface area is 109 Å². The second-order valence-corrected chi connectivity index (χ2v) is 3.98. The van der Waals surface area contributed by atoms with E-state index in [1.54, 1.807) is 12.3 Å². The number of nitrogens with zero attached hydrogens (tertiary/aromatic N) is 2. The summed E-state index contributed by atoms with van der Waals surface area (Å²) >= 11 is 0. The van der Waals surface area contributed by atoms with Gasteiger partial charge < -0.3 is 10.4 Å². The molecule has 5 nitrogen and oxygen atoms in total. The molecular formula is C13H12FN3O2. The number of aromatic nitrogens is 2. The molecule has 1 unspecified atom stereocenters. The number of halogens is 1. The Hall–Kier alpha value is -2.50. The van der Waals surface area contributed by atoms with Gasteiger partial charge in [-0.05, 0) is 25.1 Å². The molecule has 2 heterocycles. The summed E-state index contributed by atoms with van der Waals surface area (Å²) in [4.78, 5) is 19.0. The van der Waals surface area contributed by atoms with Crippen LogP contribution in [0.1, 0.15) is 29.0 Å². The molecule has 98 valence electrons. The van der Waals surface area contributed by atoms with Crippen LogP contribution in [0, 0.1) is 5.82 Å². The summed E-state index contributed by atoms with van der Waals surface area (Å²) in [6.45, 7) is 1.82. The predicted octanol–water partition coefficient (Wildman–Crippen LogP) is 2.49. The van der Waals surface area contributed by atoms with Gasteiger partial charge >= 0.3 is 5.97 Å². The van der Waals surface area contributed by atoms with E-state index in [1.165, 1.54) is 0 Å². The van der Waals surface area contributed by atoms with Gasteiger partial charge in [-0.15, -0.1) is 0 Å². The Morgan fingerprint density at radius 2 is 2.21 bits per heavy atom. The molecule has 0 bridgehead atoms. The standard InChI is InChI=1S/C13H12FN3O2/c1-8(11-4-2-3-5-15-11)17-12-10(13(18)19)6-9(14)7-16-12/h2-8H,1H3,(H,16,17)(H,18,19). The monoisotopic (exact) mass is 261 g/mol. The maximum atomic E-state index is 13.0. The summed E-state index contributed by atoms with van der Waals surface area (Å²) in [6, 6.07) is 6.12. The molecular weight excluding hydrogens is 249 g/mol. The predicted molar refractivity (Wildman–Crippen MR) is 67.4 cm³/mol. The quantitative estimate of drug-likeness (QED) is 0.884. The average molecular weight is 261 g/mol. The third kappa shape index (κ3) is 3.04. The van der Waals surface area contributed by atoms with E-state index in [2.05, 4.69) is 15.3 Å². The van der Waals surface area contributed by atoms with Crippen molar-refractivity contribution in [2.24, 2.45) is 0 Å². The zero-order chi connectivity index (χ0) is 13.8. The minimum atomic E-state index is -1.23. The third-order valence-corrected chi connectivity index (χ3v) is 2.57. The van der Waals surface area contributed by atoms with Gasteiger partial charge in [-0.25, -0.2) is 14.2 Å². The summed E-state index contributed by atoms with van der Waals surface area (Å²) in [5.74, 6) is -1.80. The number of rotatable bonds is 4. The molecule has 0 radical (unpaired) electrons. The molecule has 0 spiro atoms. The number of aromatic carboxylic acids is 1. The number of pyridine rings is 2. The molecule has 0 aromatic carbocycles. The van der Waals surface area contributed by atoms with Crippen molar-refractivity contribution >= 4 is 11.8 Å². The molecule has 2 aromatic heterocycles. The van der Waals surface area contributed by atoms with E-state index in [-0.39, 0.29) is 17.4 Å². The van der Waals surface area contributed by atoms with E-state index >= 15 is 0 Å². The zero-order valence-electron chi connectivity index (χ0n) is 10.2. The fourth-order valence-corrected chi connectivity index (χ4v) is 1.63. The van der Waals surface area contributed by atoms with Gasteiger partial charge in [0.1, 0.15) is 17.2 Å². The molecule has 0 amide bonds. The molecule has 0 saturated heterocycles. The molecule has 2 rings (SSSR count). The molecule has 1 atom stereocenters. The highest BCUT2D eigenvalue weighted by molar-refractivity contribution is 5.93. The lowest BCUT2D eigenvalue weighted by Gasteiger charge is -2.15. The van der Waals surface area contributed by atoms with Crippen LogP contribution in [0.25, 0.3) is 0 Å². The van der Waals surface area contributed by atoms with Crippen LogP contribution < -0.4 is 5.32 Å². The topological polar surface area (TPSA) is 75.1 Å². The highest BCUT2D eigenvalue weighted by Crippen LogP contribution is 2.19. The van der Waals surface area contributed by atoms with Crippen molar-refractivity contribution in [3.63, 3.8) is 0 Å². The van der Waals surface area contributed by atoms with E-state index in [4.69, 9.17) is 5.11 Å². The fraction of sp³-hybridized carbons (Fsp3) is 0.154. The van der Waals surface area contributed by atoms with Crippen molar-refractivity contribution in [3.05, 3.63) is 53.7 Å². The first-order valence-electron chi connectivity index (χ1n) is 5.64. The Bertz CT molecular complexity index is 590. The molecule has 2 aromatic rings. The van der Waals surface area contributed by atoms with Crippen molar-refractivity contribution in [2.45, 2.75) is 13.0 Å². The fourth-order valence-electron chi connectivity index (χ4n) is 1.63. The van der Waals surface area contributed by atoms with Gasteiger partial charge in [0.05, 0.1) is 17.9 Å². The molecule has 0 aliphatic carbocycles. The van der Waals surface area contributed by atoms with Gasteiger partial charge in [0.2, 0.25) is 0 Å². The van der Waals surface area contributed by atoms with Crippen LogP contribution >= 0.6 is 0 Å². The van der Waals surface area contributed by atoms with Crippen LogP contribution in [0.3, 0.4) is 0 Å². The largest absolute Gasteiger partial charge is 0.478 e. The van der Waals surface area contributed by atoms with Crippen molar-refractivity contribution in [3.8, 4) is 0 Å². The highest BCUT2D eigenvalue weighted by Gasteiger charge is 2.15. The van der Waals surface area contributed by atoms with Gasteiger partial charge in [-0.1, -0.05) is 6.07 Å². The Morgan fingerprint density at radius 1 is 1.42 bits per heavy atom. The first-order chi connectivity index (χ1) is 9.08. The lowest BCUT2D eigenvalue weighted by atomic mass is 10.2. The number of hydrogen-bond acceptors (Lipinski definition) is 4. The van der Waals surface area contributed by atoms with E-state index in [0.29, 0.717) is 0 Å². The number of anilines is 1. The van der Waals surface area contributed by atoms with Gasteiger partial charge in [0.25, 0.3) is 0 Å². The average Bonchev–Trinajstić information content (AvgIpc) is 2.41. The van der Waals surface area contributed by atoms with Gasteiger partial charge in [0, 0.05) is 6.20 Å². The van der Waals surface area contributed by atoms with Crippen LogP contribution in [-0.4, -0.2) is 21.0 Å². The minimum absolute atomic E-state index is 0.118. The van der Waals surface area contributed by atoms with Gasteiger partial charge in [-0.3, -0.25) is 4.98 Å². The summed E-state index contributed by atoms with van der Waals surface area (Å²) < 4.78 is 13.0. The highest BCUT2D eigenvalue weighted by atomic mass is 19.1. The van der Waals surface area contributed by atoms with Crippen LogP contribution in [0.15, 0.2) is 36.7 Å². The smallest absolute Gasteiger partial charge is 0.339 e. The molecule has 0 aliphatic rings. The van der Waals surface area contributed by atoms with Crippen molar-refractivity contribution in [1.82, 2.24) is 9.97 Å². The normalized spacial score (nSPS) is 11.9. The summed E-state index contributed by atoms with van der Waals surface area (Å²) in [5.41, 5.74) is 0.535. The van der Waals surface area contributed by atoms with Crippen LogP contribution in [-0.2, 0) is 0 Å². The van der Waals surface area contributed by atoms with E-state index < -0.39 is 11.8 Å². The number of hydrogen-bond donors (Lipinski definition) is 2. The molecule has 0 saturated carbocycles. The molecule has 0 fully saturated rings. The van der Waals surface area contributed by atoms with Gasteiger partial charge in [0.15, 0.2) is 0 Å². The lowest BCUT2D eigenvalue weighted by Crippen LogP contribution is -2.13. The molecule has 19 heavy (non-hydrogen) atoms. The van der Waals surface area contributed by atoms with Crippen LogP contribution in [0.4, 0.5) is 10.2 Å². The maximum Gasteiger partial charge on any atom is 0.339 e. The first kappa shape index (κ1) is 12.9. The lowest BCUT2D eigenvalue weighted by molar-refractivity contribution is 0.0697. The number of nitrogens with one attached hydrogen (secondary N) is 1. The van der Waals surface area contributed by atoms with Crippen molar-refractivity contribution < 1.29 is 14.3 Å². The van der Waals surface area contributed by atoms with Crippen LogP contribution in [0.2, 0.25) is 0 Å². The Kier molecular flexibility index (Phi) is 3.70. The Balaban J connectivity index is 2.26. The number of carbonyl (C=O) groups is 1. The van der Waals surface area contributed by atoms with Crippen molar-refractivity contribution in [1.29, 1.82) is 0 Å². The van der Waals surface area contributed by atoms with E-state index in [9.17, 15) is 9.18 Å². The van der Waals surface area contributed by atoms with Crippen molar-refractivity contribution in [2.75, 3.05) is 5.32 Å².